The van der Waals surface area contributed by atoms with Gasteiger partial charge in [0.1, 0.15) is 6.10 Å². The van der Waals surface area contributed by atoms with E-state index in [0.29, 0.717) is 26.2 Å². The lowest BCUT2D eigenvalue weighted by molar-refractivity contribution is -0.146. The van der Waals surface area contributed by atoms with Crippen molar-refractivity contribution in [3.63, 3.8) is 0 Å². The fourth-order valence-corrected chi connectivity index (χ4v) is 2.90. The monoisotopic (exact) mass is 307 g/mol. The minimum atomic E-state index is -0.265. The van der Waals surface area contributed by atoms with Crippen molar-refractivity contribution in [1.29, 1.82) is 0 Å². The Morgan fingerprint density at radius 1 is 1.18 bits per heavy atom. The number of terminal acetylenes is 1. The molecule has 2 amide bonds. The Morgan fingerprint density at radius 3 is 2.77 bits per heavy atom. The average Bonchev–Trinajstić information content (AvgIpc) is 2.78. The van der Waals surface area contributed by atoms with Crippen molar-refractivity contribution in [2.45, 2.75) is 31.8 Å². The number of ether oxygens (including phenoxy) is 1. The van der Waals surface area contributed by atoms with Gasteiger partial charge in [0.2, 0.25) is 5.91 Å². The summed E-state index contributed by atoms with van der Waals surface area (Å²) in [5.74, 6) is 2.44. The maximum Gasteiger partial charge on any atom is 0.251 e. The highest BCUT2D eigenvalue weighted by Gasteiger charge is 2.28. The van der Waals surface area contributed by atoms with Gasteiger partial charge in [0.15, 0.2) is 0 Å². The summed E-state index contributed by atoms with van der Waals surface area (Å²) in [6.07, 6.45) is 8.67. The number of amides is 2. The Hall–Kier alpha value is -1.58. The lowest BCUT2D eigenvalue weighted by Gasteiger charge is -2.28. The summed E-state index contributed by atoms with van der Waals surface area (Å²) in [6.45, 7) is 4.20. The van der Waals surface area contributed by atoms with Crippen LogP contribution in [0.4, 0.5) is 0 Å². The Morgan fingerprint density at radius 2 is 2.05 bits per heavy atom. The fourth-order valence-electron chi connectivity index (χ4n) is 2.90. The van der Waals surface area contributed by atoms with E-state index < -0.39 is 0 Å². The molecule has 0 aromatic heterocycles. The van der Waals surface area contributed by atoms with Crippen LogP contribution in [-0.4, -0.2) is 73.6 Å². The van der Waals surface area contributed by atoms with E-state index in [-0.39, 0.29) is 24.5 Å². The third-order valence-corrected chi connectivity index (χ3v) is 4.11. The number of rotatable bonds is 4. The molecule has 2 rings (SSSR count). The molecule has 2 aliphatic rings. The van der Waals surface area contributed by atoms with E-state index in [1.54, 1.807) is 0 Å². The van der Waals surface area contributed by atoms with Crippen molar-refractivity contribution in [1.82, 2.24) is 15.1 Å². The van der Waals surface area contributed by atoms with Gasteiger partial charge in [0.25, 0.3) is 5.91 Å². The molecule has 122 valence electrons. The van der Waals surface area contributed by atoms with Crippen LogP contribution >= 0.6 is 0 Å². The van der Waals surface area contributed by atoms with Gasteiger partial charge in [-0.3, -0.25) is 14.5 Å². The van der Waals surface area contributed by atoms with Gasteiger partial charge < -0.3 is 15.0 Å². The van der Waals surface area contributed by atoms with Gasteiger partial charge in [-0.15, -0.1) is 6.42 Å². The van der Waals surface area contributed by atoms with Crippen LogP contribution < -0.4 is 5.32 Å². The van der Waals surface area contributed by atoms with Gasteiger partial charge in [-0.1, -0.05) is 5.92 Å². The Labute approximate surface area is 132 Å². The van der Waals surface area contributed by atoms with Gasteiger partial charge >= 0.3 is 0 Å². The number of hydrogen-bond acceptors (Lipinski definition) is 4. The standard InChI is InChI=1S/C16H25N3O3/c1-2-7-17-15(20)13-18-8-5-9-19(11-10-18)16(21)14-6-3-4-12-22-14/h1,14H,3-13H2,(H,17,20)/t14-/m1/s1. The molecule has 6 nitrogen and oxygen atoms in total. The molecule has 0 saturated carbocycles. The van der Waals surface area contributed by atoms with E-state index in [1.807, 2.05) is 4.90 Å². The molecule has 1 N–H and O–H groups in total. The van der Waals surface area contributed by atoms with Gasteiger partial charge in [0, 0.05) is 32.8 Å². The van der Waals surface area contributed by atoms with Crippen LogP contribution in [0.3, 0.4) is 0 Å². The molecule has 2 heterocycles. The molecule has 1 atom stereocenters. The van der Waals surface area contributed by atoms with Gasteiger partial charge in [-0.25, -0.2) is 0 Å². The molecule has 22 heavy (non-hydrogen) atoms. The summed E-state index contributed by atoms with van der Waals surface area (Å²) >= 11 is 0. The molecule has 2 saturated heterocycles. The van der Waals surface area contributed by atoms with E-state index in [4.69, 9.17) is 11.2 Å². The molecular formula is C16H25N3O3. The second-order valence-electron chi connectivity index (χ2n) is 5.79. The number of carbonyl (C=O) groups is 2. The Balaban J connectivity index is 1.78. The Kier molecular flexibility index (Phi) is 6.69. The third-order valence-electron chi connectivity index (χ3n) is 4.11. The number of hydrogen-bond donors (Lipinski definition) is 1. The summed E-state index contributed by atoms with van der Waals surface area (Å²) in [7, 11) is 0. The van der Waals surface area contributed by atoms with Crippen LogP contribution in [0.2, 0.25) is 0 Å². The first-order valence-corrected chi connectivity index (χ1v) is 8.03. The molecule has 0 aliphatic carbocycles. The smallest absolute Gasteiger partial charge is 0.251 e. The molecule has 0 bridgehead atoms. The molecular weight excluding hydrogens is 282 g/mol. The summed E-state index contributed by atoms with van der Waals surface area (Å²) in [6, 6.07) is 0. The largest absolute Gasteiger partial charge is 0.368 e. The van der Waals surface area contributed by atoms with Crippen LogP contribution in [0.1, 0.15) is 25.7 Å². The van der Waals surface area contributed by atoms with E-state index in [0.717, 1.165) is 38.8 Å². The van der Waals surface area contributed by atoms with E-state index in [1.165, 1.54) is 0 Å². The SMILES string of the molecule is C#CCNC(=O)CN1CCCN(C(=O)[C@H]2CCCCO2)CC1. The van der Waals surface area contributed by atoms with Crippen LogP contribution in [0, 0.1) is 12.3 Å². The summed E-state index contributed by atoms with van der Waals surface area (Å²) < 4.78 is 5.58. The maximum absolute atomic E-state index is 12.5. The van der Waals surface area contributed by atoms with Gasteiger partial charge in [-0.05, 0) is 25.7 Å². The summed E-state index contributed by atoms with van der Waals surface area (Å²) in [4.78, 5) is 28.1. The number of carbonyl (C=O) groups excluding carboxylic acids is 2. The zero-order valence-corrected chi connectivity index (χ0v) is 13.1. The molecule has 6 heteroatoms. The molecule has 0 aromatic carbocycles. The first-order valence-electron chi connectivity index (χ1n) is 8.03. The van der Waals surface area contributed by atoms with Crippen LogP contribution in [0.5, 0.6) is 0 Å². The zero-order chi connectivity index (χ0) is 15.8. The predicted molar refractivity (Wildman–Crippen MR) is 83.1 cm³/mol. The highest BCUT2D eigenvalue weighted by molar-refractivity contribution is 5.81. The minimum Gasteiger partial charge on any atom is -0.368 e. The van der Waals surface area contributed by atoms with Crippen LogP contribution in [-0.2, 0) is 14.3 Å². The van der Waals surface area contributed by atoms with Crippen molar-refractivity contribution in [3.05, 3.63) is 0 Å². The van der Waals surface area contributed by atoms with Gasteiger partial charge in [0.05, 0.1) is 13.1 Å². The average molecular weight is 307 g/mol. The van der Waals surface area contributed by atoms with Crippen molar-refractivity contribution in [2.24, 2.45) is 0 Å². The van der Waals surface area contributed by atoms with Crippen LogP contribution in [0.25, 0.3) is 0 Å². The highest BCUT2D eigenvalue weighted by atomic mass is 16.5. The summed E-state index contributed by atoms with van der Waals surface area (Å²) in [5, 5.41) is 2.67. The van der Waals surface area contributed by atoms with Gasteiger partial charge in [-0.2, -0.15) is 0 Å². The molecule has 0 aromatic rings. The van der Waals surface area contributed by atoms with Crippen LogP contribution in [0.15, 0.2) is 0 Å². The second-order valence-corrected chi connectivity index (χ2v) is 5.79. The molecule has 2 fully saturated rings. The first-order chi connectivity index (χ1) is 10.7. The lowest BCUT2D eigenvalue weighted by Crippen LogP contribution is -2.44. The minimum absolute atomic E-state index is 0.0617. The highest BCUT2D eigenvalue weighted by Crippen LogP contribution is 2.16. The summed E-state index contributed by atoms with van der Waals surface area (Å²) in [5.41, 5.74) is 0. The zero-order valence-electron chi connectivity index (χ0n) is 13.1. The number of nitrogens with one attached hydrogen (secondary N) is 1. The first kappa shape index (κ1) is 16.8. The van der Waals surface area contributed by atoms with E-state index >= 15 is 0 Å². The molecule has 0 unspecified atom stereocenters. The van der Waals surface area contributed by atoms with Crippen molar-refractivity contribution < 1.29 is 14.3 Å². The molecule has 0 radical (unpaired) electrons. The normalized spacial score (nSPS) is 23.4. The topological polar surface area (TPSA) is 61.9 Å². The maximum atomic E-state index is 12.5. The van der Waals surface area contributed by atoms with E-state index in [9.17, 15) is 9.59 Å². The number of nitrogens with zero attached hydrogens (tertiary/aromatic N) is 2. The predicted octanol–water partition coefficient (Wildman–Crippen LogP) is -0.161. The molecule has 0 spiro atoms. The second kappa shape index (κ2) is 8.76. The van der Waals surface area contributed by atoms with Crippen molar-refractivity contribution in [3.8, 4) is 12.3 Å². The van der Waals surface area contributed by atoms with Crippen molar-refractivity contribution >= 4 is 11.8 Å². The van der Waals surface area contributed by atoms with E-state index in [2.05, 4.69) is 16.1 Å². The quantitative estimate of drug-likeness (QED) is 0.733. The fraction of sp³-hybridized carbons (Fsp3) is 0.750. The third kappa shape index (κ3) is 5.00. The molecule has 2 aliphatic heterocycles. The Bertz CT molecular complexity index is 427. The lowest BCUT2D eigenvalue weighted by atomic mass is 10.1. The van der Waals surface area contributed by atoms with Crippen molar-refractivity contribution in [2.75, 3.05) is 45.9 Å².